The van der Waals surface area contributed by atoms with Crippen molar-refractivity contribution in [2.75, 3.05) is 24.6 Å². The first-order chi connectivity index (χ1) is 17.4. The zero-order valence-corrected chi connectivity index (χ0v) is 20.0. The van der Waals surface area contributed by atoms with Gasteiger partial charge in [0, 0.05) is 31.5 Å². The maximum absolute atomic E-state index is 12.9. The zero-order chi connectivity index (χ0) is 27.1. The number of nitrogens with zero attached hydrogens (tertiary/aromatic N) is 7. The highest BCUT2D eigenvalue weighted by Gasteiger charge is 2.35. The Balaban J connectivity index is 0.000000245. The number of anilines is 2. The second-order valence-corrected chi connectivity index (χ2v) is 8.63. The number of alkyl halides is 4. The number of nitrogen functional groups attached to an aromatic ring is 2. The summed E-state index contributed by atoms with van der Waals surface area (Å²) in [6.45, 7) is 2.52. The molecule has 0 spiro atoms. The molecular weight excluding hydrogens is 498 g/mol. The van der Waals surface area contributed by atoms with Gasteiger partial charge < -0.3 is 26.0 Å². The van der Waals surface area contributed by atoms with Crippen LogP contribution in [0.15, 0.2) is 18.2 Å². The van der Waals surface area contributed by atoms with E-state index < -0.39 is 25.4 Å². The summed E-state index contributed by atoms with van der Waals surface area (Å²) in [6, 6.07) is 4.74. The molecule has 0 bridgehead atoms. The van der Waals surface area contributed by atoms with E-state index in [0.717, 1.165) is 4.52 Å². The van der Waals surface area contributed by atoms with Gasteiger partial charge in [-0.3, -0.25) is 4.79 Å². The van der Waals surface area contributed by atoms with Crippen LogP contribution in [0.3, 0.4) is 0 Å². The summed E-state index contributed by atoms with van der Waals surface area (Å²) in [5.41, 5.74) is 13.4. The largest absolute Gasteiger partial charge is 0.493 e. The van der Waals surface area contributed by atoms with Crippen LogP contribution in [0.2, 0.25) is 0 Å². The zero-order valence-electron chi connectivity index (χ0n) is 20.0. The highest BCUT2D eigenvalue weighted by molar-refractivity contribution is 5.89. The van der Waals surface area contributed by atoms with E-state index in [2.05, 4.69) is 20.1 Å². The SMILES string of the molecule is CC(=O)N1CCCC(F)(F)C1.Cc1nc2ccc(-c3cc(O)n4nc(N)nc(N)c34)nc2n1CC(F)F. The lowest BCUT2D eigenvalue weighted by Crippen LogP contribution is -2.44. The Bertz CT molecular complexity index is 1470. The lowest BCUT2D eigenvalue weighted by Gasteiger charge is -2.31. The number of likely N-dealkylation sites (tertiary alicyclic amines) is 1. The smallest absolute Gasteiger partial charge is 0.265 e. The summed E-state index contributed by atoms with van der Waals surface area (Å²) in [5, 5.41) is 14.0. The third-order valence-corrected chi connectivity index (χ3v) is 5.86. The van der Waals surface area contributed by atoms with E-state index in [1.54, 1.807) is 19.1 Å². The average Bonchev–Trinajstić information content (AvgIpc) is 3.29. The molecule has 0 saturated carbocycles. The number of fused-ring (bicyclic) bond motifs is 2. The summed E-state index contributed by atoms with van der Waals surface area (Å²) < 4.78 is 53.5. The van der Waals surface area contributed by atoms with E-state index in [0.29, 0.717) is 46.7 Å². The molecule has 5 heterocycles. The van der Waals surface area contributed by atoms with Crippen molar-refractivity contribution in [1.82, 2.24) is 34.0 Å². The molecule has 198 valence electrons. The Labute approximate surface area is 207 Å². The molecule has 1 fully saturated rings. The van der Waals surface area contributed by atoms with E-state index in [9.17, 15) is 27.5 Å². The number of pyridine rings is 1. The highest BCUT2D eigenvalue weighted by Crippen LogP contribution is 2.33. The first-order valence-electron chi connectivity index (χ1n) is 11.3. The van der Waals surface area contributed by atoms with Gasteiger partial charge in [-0.1, -0.05) is 0 Å². The molecule has 0 aliphatic carbocycles. The number of carbonyl (C=O) groups excluding carboxylic acids is 1. The van der Waals surface area contributed by atoms with Crippen LogP contribution in [0.25, 0.3) is 27.9 Å². The Morgan fingerprint density at radius 2 is 1.95 bits per heavy atom. The fraction of sp³-hybridized carbons (Fsp3) is 0.409. The predicted octanol–water partition coefficient (Wildman–Crippen LogP) is 2.85. The molecule has 1 aliphatic rings. The Kier molecular flexibility index (Phi) is 6.80. The average molecular weight is 523 g/mol. The highest BCUT2D eigenvalue weighted by atomic mass is 19.3. The lowest BCUT2D eigenvalue weighted by atomic mass is 10.1. The maximum atomic E-state index is 12.9. The van der Waals surface area contributed by atoms with Gasteiger partial charge in [0.1, 0.15) is 16.9 Å². The first kappa shape index (κ1) is 25.9. The molecule has 4 aromatic rings. The first-order valence-corrected chi connectivity index (χ1v) is 11.3. The fourth-order valence-electron chi connectivity index (χ4n) is 4.19. The summed E-state index contributed by atoms with van der Waals surface area (Å²) in [5.74, 6) is -2.72. The second kappa shape index (κ2) is 9.71. The number of carbonyl (C=O) groups is 1. The maximum Gasteiger partial charge on any atom is 0.265 e. The van der Waals surface area contributed by atoms with Gasteiger partial charge in [-0.15, -0.1) is 5.10 Å². The topological polar surface area (TPSA) is 153 Å². The molecule has 11 nitrogen and oxygen atoms in total. The van der Waals surface area contributed by atoms with E-state index in [-0.39, 0.29) is 30.0 Å². The minimum Gasteiger partial charge on any atom is -0.493 e. The van der Waals surface area contributed by atoms with Crippen LogP contribution in [0, 0.1) is 6.92 Å². The third-order valence-electron chi connectivity index (χ3n) is 5.86. The number of halogens is 4. The van der Waals surface area contributed by atoms with Crippen molar-refractivity contribution in [2.24, 2.45) is 0 Å². The number of piperidine rings is 1. The predicted molar refractivity (Wildman–Crippen MR) is 127 cm³/mol. The molecule has 5 N–H and O–H groups in total. The number of hydrogen-bond donors (Lipinski definition) is 3. The summed E-state index contributed by atoms with van der Waals surface area (Å²) in [6.07, 6.45) is -2.22. The molecule has 4 aromatic heterocycles. The molecule has 1 amide bonds. The van der Waals surface area contributed by atoms with Gasteiger partial charge in [-0.2, -0.15) is 9.50 Å². The number of aryl methyl sites for hydroxylation is 1. The standard InChI is InChI=1S/C15H14F2N8O.C7H11F2NO/c1-6-20-9-3-2-8(21-14(9)24(6)5-10(16)17)7-4-11(26)25-12(7)13(18)22-15(19)23-25;1-6(11)10-4-2-3-7(8,9)5-10/h2-4,10,26H,5H2,1H3,(H4,18,19,22,23);2-5H2,1H3. The van der Waals surface area contributed by atoms with Crippen molar-refractivity contribution in [3.05, 3.63) is 24.0 Å². The van der Waals surface area contributed by atoms with E-state index in [4.69, 9.17) is 11.5 Å². The van der Waals surface area contributed by atoms with Crippen molar-refractivity contribution >= 4 is 34.4 Å². The van der Waals surface area contributed by atoms with Gasteiger partial charge in [-0.05, 0) is 25.5 Å². The number of aromatic hydroxyl groups is 1. The normalized spacial score (nSPS) is 15.3. The van der Waals surface area contributed by atoms with Crippen molar-refractivity contribution in [3.63, 3.8) is 0 Å². The Morgan fingerprint density at radius 3 is 2.57 bits per heavy atom. The van der Waals surface area contributed by atoms with Crippen molar-refractivity contribution < 1.29 is 27.5 Å². The van der Waals surface area contributed by atoms with Gasteiger partial charge in [0.15, 0.2) is 11.5 Å². The van der Waals surface area contributed by atoms with Gasteiger partial charge in [-0.25, -0.2) is 27.5 Å². The van der Waals surface area contributed by atoms with Gasteiger partial charge in [0.05, 0.1) is 18.8 Å². The van der Waals surface area contributed by atoms with Crippen LogP contribution in [-0.4, -0.2) is 70.5 Å². The van der Waals surface area contributed by atoms with Crippen LogP contribution in [-0.2, 0) is 11.3 Å². The lowest BCUT2D eigenvalue weighted by molar-refractivity contribution is -0.139. The van der Waals surface area contributed by atoms with Crippen molar-refractivity contribution in [1.29, 1.82) is 0 Å². The number of imidazole rings is 1. The Hall–Kier alpha value is -4.17. The number of nitrogens with two attached hydrogens (primary N) is 2. The molecule has 1 aliphatic heterocycles. The van der Waals surface area contributed by atoms with Crippen molar-refractivity contribution in [3.8, 4) is 17.1 Å². The van der Waals surface area contributed by atoms with E-state index >= 15 is 0 Å². The van der Waals surface area contributed by atoms with Crippen LogP contribution in [0.4, 0.5) is 29.3 Å². The van der Waals surface area contributed by atoms with Gasteiger partial charge in [0.25, 0.3) is 12.3 Å². The Morgan fingerprint density at radius 1 is 1.22 bits per heavy atom. The van der Waals surface area contributed by atoms with Gasteiger partial charge >= 0.3 is 0 Å². The molecular formula is C22H25F4N9O2. The number of rotatable bonds is 3. The van der Waals surface area contributed by atoms with Crippen LogP contribution >= 0.6 is 0 Å². The molecule has 37 heavy (non-hydrogen) atoms. The molecule has 0 radical (unpaired) electrons. The summed E-state index contributed by atoms with van der Waals surface area (Å²) >= 11 is 0. The molecule has 0 aromatic carbocycles. The van der Waals surface area contributed by atoms with E-state index in [1.165, 1.54) is 22.5 Å². The van der Waals surface area contributed by atoms with E-state index in [1.807, 2.05) is 0 Å². The van der Waals surface area contributed by atoms with Crippen LogP contribution < -0.4 is 11.5 Å². The quantitative estimate of drug-likeness (QED) is 0.347. The minimum absolute atomic E-state index is 0.0620. The summed E-state index contributed by atoms with van der Waals surface area (Å²) in [7, 11) is 0. The number of aromatic nitrogens is 6. The third kappa shape index (κ3) is 5.34. The molecule has 0 unspecified atom stereocenters. The molecule has 1 saturated heterocycles. The summed E-state index contributed by atoms with van der Waals surface area (Å²) in [4.78, 5) is 24.5. The fourth-order valence-corrected chi connectivity index (χ4v) is 4.19. The second-order valence-electron chi connectivity index (χ2n) is 8.63. The minimum atomic E-state index is -2.66. The number of amides is 1. The van der Waals surface area contributed by atoms with Crippen LogP contribution in [0.1, 0.15) is 25.6 Å². The molecule has 5 rings (SSSR count). The number of hydrogen-bond acceptors (Lipinski definition) is 8. The van der Waals surface area contributed by atoms with Crippen molar-refractivity contribution in [2.45, 2.75) is 45.6 Å². The van der Waals surface area contributed by atoms with Crippen LogP contribution in [0.5, 0.6) is 5.88 Å². The monoisotopic (exact) mass is 523 g/mol. The molecule has 0 atom stereocenters. The van der Waals surface area contributed by atoms with Gasteiger partial charge in [0.2, 0.25) is 17.7 Å². The molecule has 15 heteroatoms.